The number of aryl methyl sites for hydroxylation is 2. The number of aromatic nitrogens is 2. The number of halogens is 1. The molecule has 0 aliphatic carbocycles. The summed E-state index contributed by atoms with van der Waals surface area (Å²) in [7, 11) is 0. The van der Waals surface area contributed by atoms with Gasteiger partial charge in [-0.2, -0.15) is 0 Å². The van der Waals surface area contributed by atoms with Gasteiger partial charge in [-0.05, 0) is 54.8 Å². The van der Waals surface area contributed by atoms with Gasteiger partial charge >= 0.3 is 0 Å². The van der Waals surface area contributed by atoms with E-state index in [1.807, 2.05) is 0 Å². The van der Waals surface area contributed by atoms with Gasteiger partial charge in [-0.15, -0.1) is 23.7 Å². The van der Waals surface area contributed by atoms with Crippen molar-refractivity contribution in [2.24, 2.45) is 0 Å². The van der Waals surface area contributed by atoms with Crippen molar-refractivity contribution >= 4 is 51.2 Å². The predicted octanol–water partition coefficient (Wildman–Crippen LogP) is 5.98. The maximum absolute atomic E-state index is 5.45. The van der Waals surface area contributed by atoms with E-state index in [4.69, 9.17) is 4.74 Å². The standard InChI is InChI=1S/C24H24N4OS.ClH/c1-16-3-4-18(13-17(16)2)21-14-30-24-22(21)23(25-15-26-24)27-19-5-7-20(8-6-19)28-9-11-29-12-10-28;/h3-8,13-15H,9-12H2,1-2H3,(H,25,26,27);1H. The van der Waals surface area contributed by atoms with E-state index in [-0.39, 0.29) is 12.4 Å². The molecule has 4 aromatic rings. The first-order valence-corrected chi connectivity index (χ1v) is 11.1. The van der Waals surface area contributed by atoms with Gasteiger partial charge in [-0.1, -0.05) is 18.2 Å². The molecule has 0 saturated carbocycles. The fourth-order valence-corrected chi connectivity index (χ4v) is 4.72. The van der Waals surface area contributed by atoms with E-state index in [0.29, 0.717) is 0 Å². The summed E-state index contributed by atoms with van der Waals surface area (Å²) < 4.78 is 5.45. The van der Waals surface area contributed by atoms with Gasteiger partial charge in [0.2, 0.25) is 0 Å². The lowest BCUT2D eigenvalue weighted by Gasteiger charge is -2.28. The van der Waals surface area contributed by atoms with E-state index in [9.17, 15) is 0 Å². The van der Waals surface area contributed by atoms with Gasteiger partial charge in [-0.3, -0.25) is 0 Å². The Balaban J connectivity index is 0.00000231. The van der Waals surface area contributed by atoms with E-state index in [1.165, 1.54) is 27.9 Å². The molecule has 5 rings (SSSR count). The summed E-state index contributed by atoms with van der Waals surface area (Å²) in [5.41, 5.74) is 7.20. The molecule has 0 amide bonds. The molecule has 3 heterocycles. The zero-order chi connectivity index (χ0) is 20.5. The van der Waals surface area contributed by atoms with Gasteiger partial charge in [0.15, 0.2) is 0 Å². The molecule has 0 atom stereocenters. The summed E-state index contributed by atoms with van der Waals surface area (Å²) in [5.74, 6) is 0.841. The third-order valence-electron chi connectivity index (χ3n) is 5.69. The number of nitrogens with one attached hydrogen (secondary N) is 1. The maximum Gasteiger partial charge on any atom is 0.143 e. The molecule has 1 N–H and O–H groups in total. The average Bonchev–Trinajstić information content (AvgIpc) is 3.22. The Kier molecular flexibility index (Phi) is 6.41. The van der Waals surface area contributed by atoms with Gasteiger partial charge < -0.3 is 15.0 Å². The Morgan fingerprint density at radius 3 is 2.48 bits per heavy atom. The molecule has 0 spiro atoms. The fourth-order valence-electron chi connectivity index (χ4n) is 3.81. The number of thiophene rings is 1. The molecular formula is C24H25ClN4OS. The van der Waals surface area contributed by atoms with Crippen LogP contribution in [0.2, 0.25) is 0 Å². The molecule has 0 unspecified atom stereocenters. The summed E-state index contributed by atoms with van der Waals surface area (Å²) in [6.45, 7) is 7.75. The maximum atomic E-state index is 5.45. The zero-order valence-electron chi connectivity index (χ0n) is 17.6. The van der Waals surface area contributed by atoms with Crippen molar-refractivity contribution in [1.29, 1.82) is 0 Å². The van der Waals surface area contributed by atoms with Crippen LogP contribution in [0.1, 0.15) is 11.1 Å². The first-order valence-electron chi connectivity index (χ1n) is 10.2. The highest BCUT2D eigenvalue weighted by Gasteiger charge is 2.15. The van der Waals surface area contributed by atoms with Crippen molar-refractivity contribution in [2.45, 2.75) is 13.8 Å². The highest BCUT2D eigenvalue weighted by molar-refractivity contribution is 7.17. The minimum Gasteiger partial charge on any atom is -0.378 e. The Bertz CT molecular complexity index is 1190. The average molecular weight is 453 g/mol. The van der Waals surface area contributed by atoms with Crippen molar-refractivity contribution in [3.05, 3.63) is 65.3 Å². The van der Waals surface area contributed by atoms with Gasteiger partial charge in [-0.25, -0.2) is 9.97 Å². The van der Waals surface area contributed by atoms with E-state index >= 15 is 0 Å². The van der Waals surface area contributed by atoms with Crippen LogP contribution in [0.4, 0.5) is 17.2 Å². The summed E-state index contributed by atoms with van der Waals surface area (Å²) in [4.78, 5) is 12.4. The molecule has 31 heavy (non-hydrogen) atoms. The molecule has 5 nitrogen and oxygen atoms in total. The second kappa shape index (κ2) is 9.22. The molecule has 0 bridgehead atoms. The molecule has 2 aromatic carbocycles. The van der Waals surface area contributed by atoms with Gasteiger partial charge in [0.05, 0.1) is 18.6 Å². The van der Waals surface area contributed by atoms with Crippen LogP contribution in [-0.4, -0.2) is 36.3 Å². The molecule has 2 aromatic heterocycles. The molecule has 160 valence electrons. The van der Waals surface area contributed by atoms with Crippen LogP contribution in [0.5, 0.6) is 0 Å². The number of fused-ring (bicyclic) bond motifs is 1. The first-order chi connectivity index (χ1) is 14.7. The van der Waals surface area contributed by atoms with Crippen molar-refractivity contribution < 1.29 is 4.74 Å². The Labute approximate surface area is 192 Å². The summed E-state index contributed by atoms with van der Waals surface area (Å²) in [5, 5.41) is 6.76. The number of nitrogens with zero attached hydrogens (tertiary/aromatic N) is 3. The van der Waals surface area contributed by atoms with Crippen LogP contribution in [0.3, 0.4) is 0 Å². The van der Waals surface area contributed by atoms with Gasteiger partial charge in [0.1, 0.15) is 17.0 Å². The third-order valence-corrected chi connectivity index (χ3v) is 6.58. The number of morpholine rings is 1. The number of ether oxygens (including phenoxy) is 1. The predicted molar refractivity (Wildman–Crippen MR) is 132 cm³/mol. The van der Waals surface area contributed by atoms with Crippen molar-refractivity contribution in [1.82, 2.24) is 9.97 Å². The summed E-state index contributed by atoms with van der Waals surface area (Å²) in [6, 6.07) is 15.1. The number of rotatable bonds is 4. The van der Waals surface area contributed by atoms with Crippen LogP contribution >= 0.6 is 23.7 Å². The summed E-state index contributed by atoms with van der Waals surface area (Å²) >= 11 is 1.66. The van der Waals surface area contributed by atoms with E-state index in [0.717, 1.165) is 48.0 Å². The monoisotopic (exact) mass is 452 g/mol. The molecule has 0 radical (unpaired) electrons. The number of anilines is 3. The van der Waals surface area contributed by atoms with E-state index in [1.54, 1.807) is 17.7 Å². The van der Waals surface area contributed by atoms with Crippen LogP contribution in [0.15, 0.2) is 54.2 Å². The highest BCUT2D eigenvalue weighted by atomic mass is 35.5. The van der Waals surface area contributed by atoms with Crippen molar-refractivity contribution in [3.63, 3.8) is 0 Å². The second-order valence-corrected chi connectivity index (χ2v) is 8.48. The largest absolute Gasteiger partial charge is 0.378 e. The Morgan fingerprint density at radius 2 is 1.74 bits per heavy atom. The normalized spacial score (nSPS) is 13.8. The number of benzene rings is 2. The minimum atomic E-state index is 0. The smallest absolute Gasteiger partial charge is 0.143 e. The SMILES string of the molecule is Cc1ccc(-c2csc3ncnc(Nc4ccc(N5CCOCC5)cc4)c23)cc1C.Cl. The fraction of sp³-hybridized carbons (Fsp3) is 0.250. The topological polar surface area (TPSA) is 50.3 Å². The van der Waals surface area contributed by atoms with Crippen LogP contribution in [0, 0.1) is 13.8 Å². The Hall–Kier alpha value is -2.67. The van der Waals surface area contributed by atoms with Crippen molar-refractivity contribution in [3.8, 4) is 11.1 Å². The van der Waals surface area contributed by atoms with E-state index < -0.39 is 0 Å². The number of hydrogen-bond acceptors (Lipinski definition) is 6. The molecule has 7 heteroatoms. The van der Waals surface area contributed by atoms with Gasteiger partial charge in [0.25, 0.3) is 0 Å². The quantitative estimate of drug-likeness (QED) is 0.413. The highest BCUT2D eigenvalue weighted by Crippen LogP contribution is 2.38. The van der Waals surface area contributed by atoms with E-state index in [2.05, 4.69) is 81.9 Å². The minimum absolute atomic E-state index is 0. The molecule has 1 aliphatic rings. The van der Waals surface area contributed by atoms with Crippen LogP contribution in [-0.2, 0) is 4.74 Å². The van der Waals surface area contributed by atoms with Crippen LogP contribution < -0.4 is 10.2 Å². The third kappa shape index (κ3) is 4.37. The number of hydrogen-bond donors (Lipinski definition) is 1. The molecule has 1 fully saturated rings. The van der Waals surface area contributed by atoms with Gasteiger partial charge in [0, 0.05) is 35.4 Å². The first kappa shape index (κ1) is 21.6. The lowest BCUT2D eigenvalue weighted by molar-refractivity contribution is 0.122. The summed E-state index contributed by atoms with van der Waals surface area (Å²) in [6.07, 6.45) is 1.63. The zero-order valence-corrected chi connectivity index (χ0v) is 19.2. The van der Waals surface area contributed by atoms with Crippen LogP contribution in [0.25, 0.3) is 21.3 Å². The lowest BCUT2D eigenvalue weighted by Crippen LogP contribution is -2.36. The second-order valence-electron chi connectivity index (χ2n) is 7.62. The molecule has 1 saturated heterocycles. The molecule has 1 aliphatic heterocycles. The Morgan fingerprint density at radius 1 is 0.968 bits per heavy atom. The van der Waals surface area contributed by atoms with Crippen molar-refractivity contribution in [2.75, 3.05) is 36.5 Å². The lowest BCUT2D eigenvalue weighted by atomic mass is 10.0. The molecular weight excluding hydrogens is 428 g/mol.